The molecule has 0 radical (unpaired) electrons. The average Bonchev–Trinajstić information content (AvgIpc) is 3.31. The van der Waals surface area contributed by atoms with Crippen molar-refractivity contribution in [3.63, 3.8) is 0 Å². The van der Waals surface area contributed by atoms with E-state index < -0.39 is 0 Å². The second-order valence-corrected chi connectivity index (χ2v) is 6.98. The molecule has 0 unspecified atom stereocenters. The molecule has 0 atom stereocenters. The van der Waals surface area contributed by atoms with Crippen molar-refractivity contribution in [1.82, 2.24) is 20.1 Å². The highest BCUT2D eigenvalue weighted by Crippen LogP contribution is 2.12. The van der Waals surface area contributed by atoms with Crippen molar-refractivity contribution in [3.05, 3.63) is 66.2 Å². The molecule has 1 N–H and O–H groups in total. The van der Waals surface area contributed by atoms with E-state index in [9.17, 15) is 4.79 Å². The number of aromatic nitrogens is 1. The number of furan rings is 1. The molecule has 1 aliphatic rings. The van der Waals surface area contributed by atoms with Gasteiger partial charge in [0.25, 0.3) is 5.91 Å². The predicted molar refractivity (Wildman–Crippen MR) is 128 cm³/mol. The van der Waals surface area contributed by atoms with Crippen molar-refractivity contribution in [2.24, 2.45) is 4.99 Å². The van der Waals surface area contributed by atoms with Crippen molar-refractivity contribution < 1.29 is 9.21 Å². The molecule has 2 aromatic heterocycles. The molecular weight excluding hydrogens is 493 g/mol. The Hall–Kier alpha value is -2.62. The van der Waals surface area contributed by atoms with Crippen LogP contribution in [-0.4, -0.2) is 66.4 Å². The van der Waals surface area contributed by atoms with E-state index in [2.05, 4.69) is 33.4 Å². The number of nitrogens with zero attached hydrogens (tertiary/aromatic N) is 4. The van der Waals surface area contributed by atoms with Crippen LogP contribution in [0.4, 0.5) is 0 Å². The largest absolute Gasteiger partial charge is 0.459 e. The van der Waals surface area contributed by atoms with E-state index >= 15 is 0 Å². The number of nitrogens with one attached hydrogen (secondary N) is 1. The summed E-state index contributed by atoms with van der Waals surface area (Å²) in [6.07, 6.45) is 2.35. The number of guanidine groups is 1. The second kappa shape index (κ2) is 10.4. The number of carbonyl (C=O) groups is 1. The molecule has 0 aliphatic carbocycles. The van der Waals surface area contributed by atoms with E-state index in [1.165, 1.54) is 6.26 Å². The number of pyridine rings is 1. The quantitative estimate of drug-likeness (QED) is 0.326. The third kappa shape index (κ3) is 5.10. The van der Waals surface area contributed by atoms with Crippen molar-refractivity contribution >= 4 is 46.7 Å². The summed E-state index contributed by atoms with van der Waals surface area (Å²) < 4.78 is 5.22. The zero-order valence-corrected chi connectivity index (χ0v) is 19.3. The van der Waals surface area contributed by atoms with E-state index in [4.69, 9.17) is 9.40 Å². The summed E-state index contributed by atoms with van der Waals surface area (Å²) in [6, 6.07) is 15.8. The fraction of sp³-hybridized carbons (Fsp3) is 0.318. The van der Waals surface area contributed by atoms with Gasteiger partial charge < -0.3 is 19.5 Å². The van der Waals surface area contributed by atoms with Crippen LogP contribution in [-0.2, 0) is 6.42 Å². The zero-order chi connectivity index (χ0) is 20.1. The van der Waals surface area contributed by atoms with Gasteiger partial charge in [0.1, 0.15) is 0 Å². The maximum absolute atomic E-state index is 12.4. The number of benzene rings is 1. The number of hydrogen-bond acceptors (Lipinski definition) is 4. The van der Waals surface area contributed by atoms with Gasteiger partial charge in [0.15, 0.2) is 11.7 Å². The SMILES string of the molecule is CN=C(NCCc1ccc2ccccc2n1)N1CCN(C(=O)c2ccco2)CC1.I. The minimum absolute atomic E-state index is 0. The topological polar surface area (TPSA) is 74.0 Å². The van der Waals surface area contributed by atoms with Crippen LogP contribution >= 0.6 is 24.0 Å². The van der Waals surface area contributed by atoms with Crippen molar-refractivity contribution in [3.8, 4) is 0 Å². The molecule has 1 amide bonds. The smallest absolute Gasteiger partial charge is 0.289 e. The molecule has 0 spiro atoms. The molecule has 0 bridgehead atoms. The maximum atomic E-state index is 12.4. The standard InChI is InChI=1S/C22H25N5O2.HI/c1-23-22(24-11-10-18-9-8-17-5-2-3-6-19(17)25-18)27-14-12-26(13-15-27)21(28)20-7-4-16-29-20;/h2-9,16H,10-15H2,1H3,(H,23,24);1H. The summed E-state index contributed by atoms with van der Waals surface area (Å²) in [5.41, 5.74) is 2.08. The van der Waals surface area contributed by atoms with E-state index in [0.29, 0.717) is 18.8 Å². The molecule has 1 aliphatic heterocycles. The number of hydrogen-bond donors (Lipinski definition) is 1. The molecule has 0 saturated carbocycles. The predicted octanol–water partition coefficient (Wildman–Crippen LogP) is 3.02. The van der Waals surface area contributed by atoms with Crippen LogP contribution in [0.2, 0.25) is 0 Å². The van der Waals surface area contributed by atoms with Crippen LogP contribution < -0.4 is 5.32 Å². The highest BCUT2D eigenvalue weighted by Gasteiger charge is 2.25. The summed E-state index contributed by atoms with van der Waals surface area (Å²) >= 11 is 0. The molecule has 1 aromatic carbocycles. The highest BCUT2D eigenvalue weighted by molar-refractivity contribution is 14.0. The molecule has 3 heterocycles. The minimum atomic E-state index is -0.0556. The summed E-state index contributed by atoms with van der Waals surface area (Å²) in [6.45, 7) is 3.52. The first kappa shape index (κ1) is 22.1. The van der Waals surface area contributed by atoms with Gasteiger partial charge in [-0.15, -0.1) is 24.0 Å². The van der Waals surface area contributed by atoms with Crippen LogP contribution in [0.25, 0.3) is 10.9 Å². The van der Waals surface area contributed by atoms with Crippen LogP contribution in [0.15, 0.2) is 64.2 Å². The number of aliphatic imine (C=N–C) groups is 1. The summed E-state index contributed by atoms with van der Waals surface area (Å²) in [5, 5.41) is 4.58. The zero-order valence-electron chi connectivity index (χ0n) is 17.0. The van der Waals surface area contributed by atoms with Crippen LogP contribution in [0.3, 0.4) is 0 Å². The minimum Gasteiger partial charge on any atom is -0.459 e. The van der Waals surface area contributed by atoms with Gasteiger partial charge in [-0.1, -0.05) is 24.3 Å². The number of para-hydroxylation sites is 1. The first-order valence-electron chi connectivity index (χ1n) is 9.87. The summed E-state index contributed by atoms with van der Waals surface area (Å²) in [5.74, 6) is 1.19. The number of fused-ring (bicyclic) bond motifs is 1. The monoisotopic (exact) mass is 519 g/mol. The first-order valence-corrected chi connectivity index (χ1v) is 9.87. The van der Waals surface area contributed by atoms with Gasteiger partial charge in [-0.25, -0.2) is 0 Å². The Morgan fingerprint density at radius 1 is 1.07 bits per heavy atom. The summed E-state index contributed by atoms with van der Waals surface area (Å²) in [4.78, 5) is 25.5. The lowest BCUT2D eigenvalue weighted by Gasteiger charge is -2.36. The molecule has 158 valence electrons. The Kier molecular flexibility index (Phi) is 7.67. The average molecular weight is 519 g/mol. The van der Waals surface area contributed by atoms with Crippen molar-refractivity contribution in [1.29, 1.82) is 0 Å². The maximum Gasteiger partial charge on any atom is 0.289 e. The molecule has 1 saturated heterocycles. The van der Waals surface area contributed by atoms with Crippen LogP contribution in [0, 0.1) is 0 Å². The van der Waals surface area contributed by atoms with Crippen LogP contribution in [0.5, 0.6) is 0 Å². The van der Waals surface area contributed by atoms with E-state index in [1.807, 2.05) is 23.1 Å². The van der Waals surface area contributed by atoms with Gasteiger partial charge >= 0.3 is 0 Å². The van der Waals surface area contributed by atoms with Gasteiger partial charge in [-0.2, -0.15) is 0 Å². The van der Waals surface area contributed by atoms with E-state index in [-0.39, 0.29) is 29.9 Å². The molecule has 3 aromatic rings. The number of amides is 1. The van der Waals surface area contributed by atoms with Gasteiger partial charge in [0, 0.05) is 57.3 Å². The van der Waals surface area contributed by atoms with E-state index in [0.717, 1.165) is 48.6 Å². The lowest BCUT2D eigenvalue weighted by atomic mass is 10.2. The van der Waals surface area contributed by atoms with Crippen molar-refractivity contribution in [2.75, 3.05) is 39.8 Å². The van der Waals surface area contributed by atoms with Crippen molar-refractivity contribution in [2.45, 2.75) is 6.42 Å². The molecule has 8 heteroatoms. The Balaban J connectivity index is 0.00000256. The molecule has 4 rings (SSSR count). The normalized spacial score (nSPS) is 14.5. The number of halogens is 1. The molecule has 30 heavy (non-hydrogen) atoms. The number of piperazine rings is 1. The van der Waals surface area contributed by atoms with E-state index in [1.54, 1.807) is 19.2 Å². The lowest BCUT2D eigenvalue weighted by Crippen LogP contribution is -2.54. The number of rotatable bonds is 4. The fourth-order valence-corrected chi connectivity index (χ4v) is 3.56. The molecule has 7 nitrogen and oxygen atoms in total. The van der Waals surface area contributed by atoms with Gasteiger partial charge in [-0.3, -0.25) is 14.8 Å². The lowest BCUT2D eigenvalue weighted by molar-refractivity contribution is 0.0658. The Bertz CT molecular complexity index is 998. The van der Waals surface area contributed by atoms with Gasteiger partial charge in [-0.05, 0) is 24.3 Å². The van der Waals surface area contributed by atoms with Gasteiger partial charge in [0.2, 0.25) is 0 Å². The Labute approximate surface area is 193 Å². The molecular formula is C22H26IN5O2. The second-order valence-electron chi connectivity index (χ2n) is 6.98. The van der Waals surface area contributed by atoms with Crippen LogP contribution in [0.1, 0.15) is 16.2 Å². The molecule has 1 fully saturated rings. The fourth-order valence-electron chi connectivity index (χ4n) is 3.56. The Morgan fingerprint density at radius 2 is 1.83 bits per heavy atom. The highest BCUT2D eigenvalue weighted by atomic mass is 127. The van der Waals surface area contributed by atoms with Gasteiger partial charge in [0.05, 0.1) is 11.8 Å². The number of carbonyl (C=O) groups excluding carboxylic acids is 1. The summed E-state index contributed by atoms with van der Waals surface area (Å²) in [7, 11) is 1.79. The third-order valence-corrected chi connectivity index (χ3v) is 5.13. The first-order chi connectivity index (χ1) is 14.2. The third-order valence-electron chi connectivity index (χ3n) is 5.13. The Morgan fingerprint density at radius 3 is 2.57 bits per heavy atom.